The van der Waals surface area contributed by atoms with Crippen molar-refractivity contribution in [2.75, 3.05) is 12.0 Å². The number of carbonyl (C=O) groups excluding carboxylic acids is 1. The third-order valence-corrected chi connectivity index (χ3v) is 7.63. The summed E-state index contributed by atoms with van der Waals surface area (Å²) in [5.74, 6) is 1.01. The van der Waals surface area contributed by atoms with E-state index in [-0.39, 0.29) is 5.91 Å². The molecule has 7 heteroatoms. The number of pyridine rings is 1. The Kier molecular flexibility index (Phi) is 5.03. The highest BCUT2D eigenvalue weighted by Crippen LogP contribution is 2.56. The monoisotopic (exact) mass is 514 g/mol. The van der Waals surface area contributed by atoms with Gasteiger partial charge >= 0.3 is 0 Å². The molecule has 34 heavy (non-hydrogen) atoms. The second kappa shape index (κ2) is 8.09. The molecule has 170 valence electrons. The third-order valence-electron chi connectivity index (χ3n) is 7.02. The van der Waals surface area contributed by atoms with Crippen molar-refractivity contribution in [3.05, 3.63) is 88.8 Å². The zero-order valence-electron chi connectivity index (χ0n) is 18.7. The van der Waals surface area contributed by atoms with E-state index in [0.29, 0.717) is 6.54 Å². The molecule has 0 radical (unpaired) electrons. The lowest BCUT2D eigenvalue weighted by Crippen LogP contribution is -2.44. The summed E-state index contributed by atoms with van der Waals surface area (Å²) in [5.41, 5.74) is 5.58. The molecule has 4 aromatic rings. The van der Waals surface area contributed by atoms with Gasteiger partial charge in [-0.25, -0.2) is 4.68 Å². The van der Waals surface area contributed by atoms with Crippen LogP contribution in [0.3, 0.4) is 0 Å². The lowest BCUT2D eigenvalue weighted by atomic mass is 9.65. The first-order chi connectivity index (χ1) is 16.6. The molecule has 1 aliphatic carbocycles. The Balaban J connectivity index is 1.39. The number of amides is 1. The Morgan fingerprint density at radius 3 is 2.50 bits per heavy atom. The van der Waals surface area contributed by atoms with E-state index in [1.807, 2.05) is 58.2 Å². The third kappa shape index (κ3) is 3.26. The number of hydrogen-bond donors (Lipinski definition) is 0. The molecule has 1 saturated carbocycles. The molecular weight excluding hydrogens is 492 g/mol. The number of nitrogens with zero attached hydrogens (tertiary/aromatic N) is 4. The first-order valence-corrected chi connectivity index (χ1v) is 12.1. The van der Waals surface area contributed by atoms with Crippen LogP contribution >= 0.6 is 15.9 Å². The van der Waals surface area contributed by atoms with E-state index in [1.165, 1.54) is 0 Å². The van der Waals surface area contributed by atoms with Crippen LogP contribution in [0.25, 0.3) is 16.9 Å². The molecule has 0 atom stereocenters. The SMILES string of the molecule is COc1ccc(CN2C(=O)C3(CCC3)c3cc(-c4ccn(-c5ccncc5)n4)cc(Br)c32)cc1. The van der Waals surface area contributed by atoms with Gasteiger partial charge in [-0.05, 0) is 82.4 Å². The summed E-state index contributed by atoms with van der Waals surface area (Å²) in [5, 5.41) is 4.79. The maximum Gasteiger partial charge on any atom is 0.238 e. The number of methoxy groups -OCH3 is 1. The minimum Gasteiger partial charge on any atom is -0.497 e. The number of ether oxygens (including phenoxy) is 1. The Labute approximate surface area is 206 Å². The fourth-order valence-electron chi connectivity index (χ4n) is 5.06. The second-order valence-electron chi connectivity index (χ2n) is 8.88. The van der Waals surface area contributed by atoms with E-state index in [0.717, 1.165) is 63.2 Å². The topological polar surface area (TPSA) is 60.2 Å². The van der Waals surface area contributed by atoms with Crippen LogP contribution in [-0.4, -0.2) is 27.8 Å². The molecule has 1 aliphatic heterocycles. The quantitative estimate of drug-likeness (QED) is 0.344. The molecule has 2 aliphatic rings. The van der Waals surface area contributed by atoms with E-state index in [2.05, 4.69) is 33.0 Å². The molecule has 2 aromatic carbocycles. The summed E-state index contributed by atoms with van der Waals surface area (Å²) in [4.78, 5) is 19.8. The molecule has 0 N–H and O–H groups in total. The summed E-state index contributed by atoms with van der Waals surface area (Å²) in [6.07, 6.45) is 8.31. The molecule has 0 saturated heterocycles. The number of rotatable bonds is 5. The van der Waals surface area contributed by atoms with Crippen molar-refractivity contribution in [1.29, 1.82) is 0 Å². The van der Waals surface area contributed by atoms with Crippen LogP contribution in [0.15, 0.2) is 77.7 Å². The molecule has 6 nitrogen and oxygen atoms in total. The van der Waals surface area contributed by atoms with Gasteiger partial charge in [0.1, 0.15) is 5.75 Å². The molecule has 3 heterocycles. The summed E-state index contributed by atoms with van der Waals surface area (Å²) in [6.45, 7) is 0.534. The fourth-order valence-corrected chi connectivity index (χ4v) is 5.73. The second-order valence-corrected chi connectivity index (χ2v) is 9.73. The normalized spacial score (nSPS) is 15.9. The molecule has 6 rings (SSSR count). The average molecular weight is 515 g/mol. The van der Waals surface area contributed by atoms with Gasteiger partial charge in [0.2, 0.25) is 5.91 Å². The first-order valence-electron chi connectivity index (χ1n) is 11.3. The first kappa shape index (κ1) is 21.1. The van der Waals surface area contributed by atoms with Crippen LogP contribution in [0.5, 0.6) is 5.75 Å². The predicted molar refractivity (Wildman–Crippen MR) is 134 cm³/mol. The maximum atomic E-state index is 13.7. The van der Waals surface area contributed by atoms with Crippen LogP contribution in [-0.2, 0) is 16.8 Å². The summed E-state index contributed by atoms with van der Waals surface area (Å²) in [6, 6.07) is 18.0. The van der Waals surface area contributed by atoms with E-state index >= 15 is 0 Å². The van der Waals surface area contributed by atoms with Crippen molar-refractivity contribution in [3.63, 3.8) is 0 Å². The summed E-state index contributed by atoms with van der Waals surface area (Å²) < 4.78 is 8.05. The predicted octanol–water partition coefficient (Wildman–Crippen LogP) is 5.67. The molecule has 1 fully saturated rings. The van der Waals surface area contributed by atoms with Gasteiger partial charge in [0.05, 0.1) is 36.1 Å². The molecule has 1 spiro atoms. The van der Waals surface area contributed by atoms with Gasteiger partial charge in [-0.15, -0.1) is 0 Å². The van der Waals surface area contributed by atoms with Gasteiger partial charge in [0.15, 0.2) is 0 Å². The Morgan fingerprint density at radius 1 is 1.06 bits per heavy atom. The highest BCUT2D eigenvalue weighted by Gasteiger charge is 2.55. The van der Waals surface area contributed by atoms with Crippen LogP contribution in [0.1, 0.15) is 30.4 Å². The van der Waals surface area contributed by atoms with Gasteiger partial charge in [-0.3, -0.25) is 9.78 Å². The highest BCUT2D eigenvalue weighted by atomic mass is 79.9. The Morgan fingerprint density at radius 2 is 1.82 bits per heavy atom. The van der Waals surface area contributed by atoms with Gasteiger partial charge in [0, 0.05) is 28.6 Å². The van der Waals surface area contributed by atoms with Crippen molar-refractivity contribution >= 4 is 27.5 Å². The van der Waals surface area contributed by atoms with E-state index in [1.54, 1.807) is 19.5 Å². The molecular formula is C27H23BrN4O2. The molecule has 1 amide bonds. The van der Waals surface area contributed by atoms with E-state index in [9.17, 15) is 4.79 Å². The van der Waals surface area contributed by atoms with E-state index in [4.69, 9.17) is 9.84 Å². The van der Waals surface area contributed by atoms with Crippen molar-refractivity contribution in [3.8, 4) is 22.7 Å². The van der Waals surface area contributed by atoms with Crippen LogP contribution in [0.4, 0.5) is 5.69 Å². The lowest BCUT2D eigenvalue weighted by Gasteiger charge is -2.37. The van der Waals surface area contributed by atoms with Crippen LogP contribution < -0.4 is 9.64 Å². The number of hydrogen-bond acceptors (Lipinski definition) is 4. The fraction of sp³-hybridized carbons (Fsp3) is 0.222. The number of aromatic nitrogens is 3. The van der Waals surface area contributed by atoms with Gasteiger partial charge in [0.25, 0.3) is 0 Å². The smallest absolute Gasteiger partial charge is 0.238 e. The molecule has 0 unspecified atom stereocenters. The van der Waals surface area contributed by atoms with E-state index < -0.39 is 5.41 Å². The van der Waals surface area contributed by atoms with Crippen LogP contribution in [0, 0.1) is 0 Å². The summed E-state index contributed by atoms with van der Waals surface area (Å²) >= 11 is 3.80. The van der Waals surface area contributed by atoms with Crippen molar-refractivity contribution in [2.24, 2.45) is 0 Å². The van der Waals surface area contributed by atoms with Crippen molar-refractivity contribution in [1.82, 2.24) is 14.8 Å². The zero-order valence-corrected chi connectivity index (χ0v) is 20.3. The Bertz CT molecular complexity index is 1380. The minimum atomic E-state index is -0.423. The summed E-state index contributed by atoms with van der Waals surface area (Å²) in [7, 11) is 1.66. The maximum absolute atomic E-state index is 13.7. The van der Waals surface area contributed by atoms with Crippen LogP contribution in [0.2, 0.25) is 0 Å². The zero-order chi connectivity index (χ0) is 23.3. The standard InChI is InChI=1S/C27H23BrN4O2/c1-34-21-5-3-18(4-6-21)17-31-25-22(27(26(31)33)10-2-11-27)15-19(16-23(25)28)24-9-14-32(30-24)20-7-12-29-13-8-20/h3-9,12-16H,2,10-11,17H2,1H3. The van der Waals surface area contributed by atoms with Gasteiger partial charge < -0.3 is 9.64 Å². The lowest BCUT2D eigenvalue weighted by molar-refractivity contribution is -0.126. The van der Waals surface area contributed by atoms with Crippen molar-refractivity contribution < 1.29 is 9.53 Å². The molecule has 2 aromatic heterocycles. The molecule has 0 bridgehead atoms. The number of anilines is 1. The van der Waals surface area contributed by atoms with Gasteiger partial charge in [-0.2, -0.15) is 5.10 Å². The highest BCUT2D eigenvalue weighted by molar-refractivity contribution is 9.10. The van der Waals surface area contributed by atoms with Crippen molar-refractivity contribution in [2.45, 2.75) is 31.2 Å². The average Bonchev–Trinajstić information content (AvgIpc) is 3.42. The van der Waals surface area contributed by atoms with Gasteiger partial charge in [-0.1, -0.05) is 18.6 Å². The number of carbonyl (C=O) groups is 1. The largest absolute Gasteiger partial charge is 0.497 e. The number of fused-ring (bicyclic) bond motifs is 2. The Hall–Kier alpha value is -3.45. The minimum absolute atomic E-state index is 0.199. The number of benzene rings is 2. The number of halogens is 1.